The Bertz CT molecular complexity index is 399. The molecule has 1 aliphatic carbocycles. The maximum absolute atomic E-state index is 12.6. The first kappa shape index (κ1) is 11.7. The molecule has 1 aromatic rings. The lowest BCUT2D eigenvalue weighted by atomic mass is 10.0. The van der Waals surface area contributed by atoms with E-state index in [9.17, 15) is 13.2 Å². The van der Waals surface area contributed by atoms with Crippen molar-refractivity contribution in [3.8, 4) is 0 Å². The highest BCUT2D eigenvalue weighted by Crippen LogP contribution is 2.42. The monoisotopic (exact) mass is 249 g/mol. The summed E-state index contributed by atoms with van der Waals surface area (Å²) < 4.78 is 37.8. The number of hydrogen-bond acceptors (Lipinski definition) is 1. The molecule has 5 heteroatoms. The molecule has 0 spiro atoms. The largest absolute Gasteiger partial charge is 0.417 e. The fourth-order valence-corrected chi connectivity index (χ4v) is 1.92. The van der Waals surface area contributed by atoms with Gasteiger partial charge in [-0.05, 0) is 36.5 Å². The molecular formula is C11H11ClF3N. The first-order chi connectivity index (χ1) is 7.39. The summed E-state index contributed by atoms with van der Waals surface area (Å²) in [7, 11) is 0. The molecular weight excluding hydrogens is 239 g/mol. The van der Waals surface area contributed by atoms with Crippen LogP contribution in [0.4, 0.5) is 13.2 Å². The van der Waals surface area contributed by atoms with Crippen LogP contribution < -0.4 is 5.73 Å². The molecule has 0 unspecified atom stereocenters. The van der Waals surface area contributed by atoms with Crippen molar-refractivity contribution in [1.29, 1.82) is 0 Å². The Morgan fingerprint density at radius 1 is 1.31 bits per heavy atom. The molecule has 0 amide bonds. The van der Waals surface area contributed by atoms with Gasteiger partial charge in [0.1, 0.15) is 0 Å². The Balaban J connectivity index is 2.34. The van der Waals surface area contributed by atoms with Crippen LogP contribution in [0.15, 0.2) is 18.2 Å². The van der Waals surface area contributed by atoms with E-state index in [2.05, 4.69) is 0 Å². The molecule has 88 valence electrons. The van der Waals surface area contributed by atoms with Crippen LogP contribution in [0.1, 0.15) is 30.0 Å². The van der Waals surface area contributed by atoms with E-state index in [1.54, 1.807) is 6.07 Å². The molecule has 0 aromatic heterocycles. The Labute approximate surface area is 96.4 Å². The summed E-state index contributed by atoms with van der Waals surface area (Å²) in [6.45, 7) is 0. The quantitative estimate of drug-likeness (QED) is 0.848. The van der Waals surface area contributed by atoms with E-state index in [4.69, 9.17) is 17.3 Å². The standard InChI is InChI=1S/C11H11ClF3N/c12-9-4-3-7(10(16)6-1-2-6)5-8(9)11(13,14)15/h3-6,10H,1-2,16H2/t10-/m0/s1. The number of alkyl halides is 3. The number of halogens is 4. The van der Waals surface area contributed by atoms with E-state index < -0.39 is 11.7 Å². The molecule has 0 saturated heterocycles. The molecule has 1 saturated carbocycles. The van der Waals surface area contributed by atoms with E-state index in [1.807, 2.05) is 0 Å². The molecule has 1 aliphatic rings. The van der Waals surface area contributed by atoms with Crippen molar-refractivity contribution in [2.45, 2.75) is 25.1 Å². The number of rotatable bonds is 2. The van der Waals surface area contributed by atoms with E-state index in [0.29, 0.717) is 11.5 Å². The Kier molecular flexibility index (Phi) is 2.88. The van der Waals surface area contributed by atoms with Crippen LogP contribution in [0.5, 0.6) is 0 Å². The molecule has 1 nitrogen and oxygen atoms in total. The fraction of sp³-hybridized carbons (Fsp3) is 0.455. The number of benzene rings is 1. The van der Waals surface area contributed by atoms with E-state index in [1.165, 1.54) is 6.07 Å². The van der Waals surface area contributed by atoms with Crippen LogP contribution in [-0.2, 0) is 6.18 Å². The summed E-state index contributed by atoms with van der Waals surface area (Å²) >= 11 is 5.52. The molecule has 0 heterocycles. The van der Waals surface area contributed by atoms with Crippen molar-refractivity contribution in [3.63, 3.8) is 0 Å². The van der Waals surface area contributed by atoms with Gasteiger partial charge in [-0.3, -0.25) is 0 Å². The fourth-order valence-electron chi connectivity index (χ4n) is 1.69. The highest BCUT2D eigenvalue weighted by atomic mass is 35.5. The maximum Gasteiger partial charge on any atom is 0.417 e. The summed E-state index contributed by atoms with van der Waals surface area (Å²) in [6.07, 6.45) is -2.44. The SMILES string of the molecule is N[C@H](c1ccc(Cl)c(C(F)(F)F)c1)C1CC1. The average molecular weight is 250 g/mol. The Hall–Kier alpha value is -0.740. The Morgan fingerprint density at radius 2 is 1.94 bits per heavy atom. The molecule has 2 N–H and O–H groups in total. The van der Waals surface area contributed by atoms with Gasteiger partial charge >= 0.3 is 6.18 Å². The van der Waals surface area contributed by atoms with Gasteiger partial charge in [0.15, 0.2) is 0 Å². The minimum Gasteiger partial charge on any atom is -0.324 e. The molecule has 0 aliphatic heterocycles. The smallest absolute Gasteiger partial charge is 0.324 e. The van der Waals surface area contributed by atoms with Crippen LogP contribution >= 0.6 is 11.6 Å². The second-order valence-electron chi connectivity index (χ2n) is 4.10. The van der Waals surface area contributed by atoms with Crippen molar-refractivity contribution >= 4 is 11.6 Å². The third-order valence-electron chi connectivity index (χ3n) is 2.81. The van der Waals surface area contributed by atoms with Crippen molar-refractivity contribution in [2.24, 2.45) is 11.7 Å². The first-order valence-corrected chi connectivity index (χ1v) is 5.39. The maximum atomic E-state index is 12.6. The normalized spacial score (nSPS) is 18.6. The van der Waals surface area contributed by atoms with Crippen molar-refractivity contribution in [2.75, 3.05) is 0 Å². The van der Waals surface area contributed by atoms with Gasteiger partial charge in [0.2, 0.25) is 0 Å². The third kappa shape index (κ3) is 2.33. The third-order valence-corrected chi connectivity index (χ3v) is 3.14. The van der Waals surface area contributed by atoms with Crippen LogP contribution in [-0.4, -0.2) is 0 Å². The zero-order chi connectivity index (χ0) is 11.9. The molecule has 1 atom stereocenters. The van der Waals surface area contributed by atoms with Crippen molar-refractivity contribution in [1.82, 2.24) is 0 Å². The van der Waals surface area contributed by atoms with Gasteiger partial charge < -0.3 is 5.73 Å². The van der Waals surface area contributed by atoms with Crippen LogP contribution in [0.3, 0.4) is 0 Å². The highest BCUT2D eigenvalue weighted by Gasteiger charge is 2.35. The van der Waals surface area contributed by atoms with Gasteiger partial charge in [-0.25, -0.2) is 0 Å². The zero-order valence-electron chi connectivity index (χ0n) is 8.39. The average Bonchev–Trinajstić information content (AvgIpc) is 2.98. The van der Waals surface area contributed by atoms with Crippen LogP contribution in [0, 0.1) is 5.92 Å². The van der Waals surface area contributed by atoms with E-state index in [0.717, 1.165) is 18.9 Å². The lowest BCUT2D eigenvalue weighted by Gasteiger charge is -2.15. The second-order valence-corrected chi connectivity index (χ2v) is 4.51. The van der Waals surface area contributed by atoms with Gasteiger partial charge in [-0.1, -0.05) is 17.7 Å². The summed E-state index contributed by atoms with van der Waals surface area (Å²) in [4.78, 5) is 0. The summed E-state index contributed by atoms with van der Waals surface area (Å²) in [5.41, 5.74) is 5.56. The molecule has 16 heavy (non-hydrogen) atoms. The minimum absolute atomic E-state index is 0.278. The van der Waals surface area contributed by atoms with E-state index in [-0.39, 0.29) is 11.1 Å². The van der Waals surface area contributed by atoms with Gasteiger partial charge in [0.05, 0.1) is 10.6 Å². The van der Waals surface area contributed by atoms with Gasteiger partial charge in [0.25, 0.3) is 0 Å². The molecule has 1 aromatic carbocycles. The lowest BCUT2D eigenvalue weighted by molar-refractivity contribution is -0.137. The predicted molar refractivity (Wildman–Crippen MR) is 56.1 cm³/mol. The van der Waals surface area contributed by atoms with Crippen LogP contribution in [0.2, 0.25) is 5.02 Å². The number of hydrogen-bond donors (Lipinski definition) is 1. The summed E-state index contributed by atoms with van der Waals surface area (Å²) in [5, 5.41) is -0.278. The molecule has 0 bridgehead atoms. The predicted octanol–water partition coefficient (Wildman–Crippen LogP) is 3.77. The summed E-state index contributed by atoms with van der Waals surface area (Å²) in [6, 6.07) is 3.59. The zero-order valence-corrected chi connectivity index (χ0v) is 9.15. The lowest BCUT2D eigenvalue weighted by Crippen LogP contribution is -2.14. The van der Waals surface area contributed by atoms with Gasteiger partial charge in [-0.15, -0.1) is 0 Å². The summed E-state index contributed by atoms with van der Waals surface area (Å²) in [5.74, 6) is 0.322. The number of nitrogens with two attached hydrogens (primary N) is 1. The second kappa shape index (κ2) is 3.93. The molecule has 0 radical (unpaired) electrons. The van der Waals surface area contributed by atoms with Crippen LogP contribution in [0.25, 0.3) is 0 Å². The first-order valence-electron chi connectivity index (χ1n) is 5.02. The highest BCUT2D eigenvalue weighted by molar-refractivity contribution is 6.31. The van der Waals surface area contributed by atoms with Gasteiger partial charge in [-0.2, -0.15) is 13.2 Å². The van der Waals surface area contributed by atoms with Crippen molar-refractivity contribution in [3.05, 3.63) is 34.3 Å². The molecule has 2 rings (SSSR count). The molecule has 1 fully saturated rings. The van der Waals surface area contributed by atoms with Gasteiger partial charge in [0, 0.05) is 6.04 Å². The van der Waals surface area contributed by atoms with Crippen molar-refractivity contribution < 1.29 is 13.2 Å². The minimum atomic E-state index is -4.42. The topological polar surface area (TPSA) is 26.0 Å². The van der Waals surface area contributed by atoms with E-state index >= 15 is 0 Å². The Morgan fingerprint density at radius 3 is 2.44 bits per heavy atom.